The number of amides is 1. The molecule has 2 heterocycles. The zero-order valence-electron chi connectivity index (χ0n) is 15.8. The number of sulfonamides is 1. The quantitative estimate of drug-likeness (QED) is 0.760. The zero-order valence-corrected chi connectivity index (χ0v) is 16.6. The molecule has 0 spiro atoms. The van der Waals surface area contributed by atoms with E-state index in [1.165, 1.54) is 16.4 Å². The molecule has 1 aromatic rings. The zero-order chi connectivity index (χ0) is 19.3. The summed E-state index contributed by atoms with van der Waals surface area (Å²) in [6.45, 7) is 4.86. The molecule has 2 aliphatic heterocycles. The first kappa shape index (κ1) is 20.1. The van der Waals surface area contributed by atoms with Gasteiger partial charge in [-0.25, -0.2) is 8.42 Å². The lowest BCUT2D eigenvalue weighted by Crippen LogP contribution is -2.41. The number of hydrogen-bond acceptors (Lipinski definition) is 5. The van der Waals surface area contributed by atoms with E-state index in [9.17, 15) is 13.2 Å². The second-order valence-corrected chi connectivity index (χ2v) is 8.93. The molecule has 0 unspecified atom stereocenters. The van der Waals surface area contributed by atoms with Gasteiger partial charge in [-0.2, -0.15) is 4.31 Å². The number of morpholine rings is 1. The summed E-state index contributed by atoms with van der Waals surface area (Å²) >= 11 is 0. The lowest BCUT2D eigenvalue weighted by Gasteiger charge is -2.26. The van der Waals surface area contributed by atoms with E-state index in [-0.39, 0.29) is 10.8 Å². The number of hydrogen-bond donors (Lipinski definition) is 0. The van der Waals surface area contributed by atoms with E-state index in [0.717, 1.165) is 38.8 Å². The van der Waals surface area contributed by atoms with E-state index >= 15 is 0 Å². The number of nitrogens with zero attached hydrogens (tertiary/aromatic N) is 2. The maximum absolute atomic E-state index is 12.6. The molecule has 1 amide bonds. The highest BCUT2D eigenvalue weighted by atomic mass is 32.2. The van der Waals surface area contributed by atoms with Crippen LogP contribution in [0.15, 0.2) is 29.2 Å². The van der Waals surface area contributed by atoms with Crippen LogP contribution in [-0.2, 0) is 19.6 Å². The van der Waals surface area contributed by atoms with Crippen LogP contribution in [0.3, 0.4) is 0 Å². The fourth-order valence-corrected chi connectivity index (χ4v) is 4.84. The smallest absolute Gasteiger partial charge is 0.263 e. The van der Waals surface area contributed by atoms with Crippen molar-refractivity contribution in [1.82, 2.24) is 9.21 Å². The molecule has 7 nitrogen and oxygen atoms in total. The van der Waals surface area contributed by atoms with Crippen molar-refractivity contribution in [2.45, 2.75) is 43.6 Å². The molecule has 3 rings (SSSR count). The van der Waals surface area contributed by atoms with Gasteiger partial charge in [0, 0.05) is 26.2 Å². The third-order valence-corrected chi connectivity index (χ3v) is 6.92. The molecule has 8 heteroatoms. The first-order valence-electron chi connectivity index (χ1n) is 9.62. The molecule has 27 heavy (non-hydrogen) atoms. The van der Waals surface area contributed by atoms with Crippen molar-refractivity contribution in [1.29, 1.82) is 0 Å². The van der Waals surface area contributed by atoms with Crippen molar-refractivity contribution in [2.75, 3.05) is 39.4 Å². The Balaban J connectivity index is 1.62. The topological polar surface area (TPSA) is 76.1 Å². The molecule has 0 bridgehead atoms. The Morgan fingerprint density at radius 1 is 1.00 bits per heavy atom. The number of rotatable bonds is 5. The minimum atomic E-state index is -3.52. The van der Waals surface area contributed by atoms with Crippen molar-refractivity contribution >= 4 is 15.9 Å². The SMILES string of the molecule is C[C@@H](Oc1ccc(S(=O)(=O)N2CCOCC2)cc1)C(=O)N1CCCCCC1. The first-order chi connectivity index (χ1) is 13.0. The second kappa shape index (κ2) is 9.03. The van der Waals surface area contributed by atoms with Crippen LogP contribution in [0.1, 0.15) is 32.6 Å². The third-order valence-electron chi connectivity index (χ3n) is 5.01. The highest BCUT2D eigenvalue weighted by molar-refractivity contribution is 7.89. The van der Waals surface area contributed by atoms with Crippen LogP contribution in [0.5, 0.6) is 5.75 Å². The summed E-state index contributed by atoms with van der Waals surface area (Å²) in [6, 6.07) is 6.28. The lowest BCUT2D eigenvalue weighted by atomic mass is 10.2. The van der Waals surface area contributed by atoms with Crippen molar-refractivity contribution in [3.63, 3.8) is 0 Å². The van der Waals surface area contributed by atoms with Gasteiger partial charge in [-0.1, -0.05) is 12.8 Å². The summed E-state index contributed by atoms with van der Waals surface area (Å²) < 4.78 is 37.7. The highest BCUT2D eigenvalue weighted by Gasteiger charge is 2.27. The van der Waals surface area contributed by atoms with Crippen LogP contribution in [-0.4, -0.2) is 69.0 Å². The molecule has 0 aromatic heterocycles. The lowest BCUT2D eigenvalue weighted by molar-refractivity contribution is -0.137. The number of carbonyl (C=O) groups is 1. The minimum absolute atomic E-state index is 0.0121. The minimum Gasteiger partial charge on any atom is -0.481 e. The first-order valence-corrected chi connectivity index (χ1v) is 11.1. The predicted molar refractivity (Wildman–Crippen MR) is 101 cm³/mol. The molecular weight excluding hydrogens is 368 g/mol. The van der Waals surface area contributed by atoms with Crippen molar-refractivity contribution in [2.24, 2.45) is 0 Å². The Labute approximate surface area is 161 Å². The molecule has 2 saturated heterocycles. The highest BCUT2D eigenvalue weighted by Crippen LogP contribution is 2.22. The summed E-state index contributed by atoms with van der Waals surface area (Å²) in [5.74, 6) is 0.480. The van der Waals surface area contributed by atoms with E-state index in [1.807, 2.05) is 4.90 Å². The van der Waals surface area contributed by atoms with Crippen LogP contribution < -0.4 is 4.74 Å². The van der Waals surface area contributed by atoms with E-state index in [1.54, 1.807) is 19.1 Å². The van der Waals surface area contributed by atoms with Crippen LogP contribution in [0.4, 0.5) is 0 Å². The van der Waals surface area contributed by atoms with Crippen LogP contribution in [0.2, 0.25) is 0 Å². The fraction of sp³-hybridized carbons (Fsp3) is 0.632. The standard InChI is InChI=1S/C19H28N2O5S/c1-16(19(22)20-10-4-2-3-5-11-20)26-17-6-8-18(9-7-17)27(23,24)21-12-14-25-15-13-21/h6-9,16H,2-5,10-15H2,1H3/t16-/m1/s1. The van der Waals surface area contributed by atoms with Gasteiger partial charge >= 0.3 is 0 Å². The van der Waals surface area contributed by atoms with Crippen molar-refractivity contribution < 1.29 is 22.7 Å². The number of benzene rings is 1. The monoisotopic (exact) mass is 396 g/mol. The molecule has 1 atom stereocenters. The molecule has 0 aliphatic carbocycles. The predicted octanol–water partition coefficient (Wildman–Crippen LogP) is 1.88. The molecule has 2 fully saturated rings. The maximum Gasteiger partial charge on any atom is 0.263 e. The largest absolute Gasteiger partial charge is 0.481 e. The van der Waals surface area contributed by atoms with Crippen molar-refractivity contribution in [3.05, 3.63) is 24.3 Å². The van der Waals surface area contributed by atoms with Gasteiger partial charge in [-0.05, 0) is 44.0 Å². The second-order valence-electron chi connectivity index (χ2n) is 6.99. The van der Waals surface area contributed by atoms with Gasteiger partial charge in [-0.3, -0.25) is 4.79 Å². The molecule has 0 saturated carbocycles. The third kappa shape index (κ3) is 5.00. The Bertz CT molecular complexity index is 721. The van der Waals surface area contributed by atoms with Gasteiger partial charge < -0.3 is 14.4 Å². The van der Waals surface area contributed by atoms with Gasteiger partial charge in [-0.15, -0.1) is 0 Å². The summed E-state index contributed by atoms with van der Waals surface area (Å²) in [4.78, 5) is 14.7. The average Bonchev–Trinajstić information content (AvgIpc) is 2.98. The van der Waals surface area contributed by atoms with Crippen LogP contribution in [0.25, 0.3) is 0 Å². The molecule has 150 valence electrons. The van der Waals surface area contributed by atoms with E-state index in [4.69, 9.17) is 9.47 Å². The van der Waals surface area contributed by atoms with E-state index in [0.29, 0.717) is 32.1 Å². The summed E-state index contributed by atoms with van der Waals surface area (Å²) in [6.07, 6.45) is 3.81. The van der Waals surface area contributed by atoms with Gasteiger partial charge in [0.2, 0.25) is 10.0 Å². The van der Waals surface area contributed by atoms with Crippen LogP contribution in [0, 0.1) is 0 Å². The maximum atomic E-state index is 12.6. The van der Waals surface area contributed by atoms with Crippen LogP contribution >= 0.6 is 0 Å². The Morgan fingerprint density at radius 2 is 1.59 bits per heavy atom. The fourth-order valence-electron chi connectivity index (χ4n) is 3.43. The molecule has 1 aromatic carbocycles. The Morgan fingerprint density at radius 3 is 2.19 bits per heavy atom. The van der Waals surface area contributed by atoms with Gasteiger partial charge in [0.15, 0.2) is 6.10 Å². The van der Waals surface area contributed by atoms with Gasteiger partial charge in [0.25, 0.3) is 5.91 Å². The van der Waals surface area contributed by atoms with E-state index < -0.39 is 16.1 Å². The van der Waals surface area contributed by atoms with Gasteiger partial charge in [0.1, 0.15) is 5.75 Å². The average molecular weight is 397 g/mol. The van der Waals surface area contributed by atoms with Gasteiger partial charge in [0.05, 0.1) is 18.1 Å². The molecule has 0 N–H and O–H groups in total. The molecule has 0 radical (unpaired) electrons. The number of likely N-dealkylation sites (tertiary alicyclic amines) is 1. The van der Waals surface area contributed by atoms with Crippen molar-refractivity contribution in [3.8, 4) is 5.75 Å². The summed E-state index contributed by atoms with van der Waals surface area (Å²) in [7, 11) is -3.52. The molecule has 2 aliphatic rings. The normalized spacial score (nSPS) is 20.7. The van der Waals surface area contributed by atoms with E-state index in [2.05, 4.69) is 0 Å². The molecular formula is C19H28N2O5S. The number of carbonyl (C=O) groups excluding carboxylic acids is 1. The summed E-state index contributed by atoms with van der Waals surface area (Å²) in [5, 5.41) is 0. The Hall–Kier alpha value is -1.64. The Kier molecular flexibility index (Phi) is 6.73. The number of ether oxygens (including phenoxy) is 2. The summed E-state index contributed by atoms with van der Waals surface area (Å²) in [5.41, 5.74) is 0.